The van der Waals surface area contributed by atoms with Crippen LogP contribution >= 0.6 is 11.3 Å². The number of halogens is 1. The highest BCUT2D eigenvalue weighted by molar-refractivity contribution is 7.92. The smallest absolute Gasteiger partial charge is 0.350 e. The van der Waals surface area contributed by atoms with Gasteiger partial charge in [-0.25, -0.2) is 17.6 Å². The van der Waals surface area contributed by atoms with E-state index in [9.17, 15) is 22.4 Å². The minimum absolute atomic E-state index is 0.0258. The number of carbonyl (C=O) groups excluding carboxylic acids is 2. The van der Waals surface area contributed by atoms with E-state index in [4.69, 9.17) is 0 Å². The van der Waals surface area contributed by atoms with Crippen molar-refractivity contribution in [3.63, 3.8) is 0 Å². The van der Waals surface area contributed by atoms with Gasteiger partial charge in [-0.05, 0) is 36.1 Å². The lowest BCUT2D eigenvalue weighted by molar-refractivity contribution is -0.114. The Morgan fingerprint density at radius 2 is 2.04 bits per heavy atom. The van der Waals surface area contributed by atoms with Crippen molar-refractivity contribution >= 4 is 44.6 Å². The van der Waals surface area contributed by atoms with Crippen LogP contribution in [0.15, 0.2) is 29.6 Å². The monoisotopic (exact) mass is 400 g/mol. The number of hydrogen-bond donors (Lipinski definition) is 1. The molecule has 0 aliphatic heterocycles. The Balaban J connectivity index is 2.27. The highest BCUT2D eigenvalue weighted by atomic mass is 32.2. The third kappa shape index (κ3) is 4.58. The molecule has 0 saturated heterocycles. The Kier molecular flexibility index (Phi) is 5.98. The Labute approximate surface area is 154 Å². The molecule has 1 aromatic carbocycles. The Bertz CT molecular complexity index is 940. The molecular formula is C16H17FN2O5S2. The maximum atomic E-state index is 13.4. The number of carbonyl (C=O) groups is 2. The van der Waals surface area contributed by atoms with E-state index < -0.39 is 34.3 Å². The normalized spacial score (nSPS) is 11.1. The van der Waals surface area contributed by atoms with Gasteiger partial charge in [-0.3, -0.25) is 9.10 Å². The summed E-state index contributed by atoms with van der Waals surface area (Å²) < 4.78 is 42.9. The van der Waals surface area contributed by atoms with Gasteiger partial charge in [-0.1, -0.05) is 6.07 Å². The lowest BCUT2D eigenvalue weighted by Crippen LogP contribution is -2.37. The number of esters is 1. The first-order chi connectivity index (χ1) is 12.1. The summed E-state index contributed by atoms with van der Waals surface area (Å²) in [4.78, 5) is 24.3. The molecular weight excluding hydrogens is 383 g/mol. The molecule has 0 spiro atoms. The fourth-order valence-electron chi connectivity index (χ4n) is 2.18. The van der Waals surface area contributed by atoms with Crippen LogP contribution in [0.4, 0.5) is 15.8 Å². The first kappa shape index (κ1) is 19.9. The largest absolute Gasteiger partial charge is 0.465 e. The summed E-state index contributed by atoms with van der Waals surface area (Å²) in [5.41, 5.74) is 0.929. The summed E-state index contributed by atoms with van der Waals surface area (Å²) in [6, 6.07) is 4.91. The second-order valence-corrected chi connectivity index (χ2v) is 8.20. The number of ether oxygens (including phenoxy) is 1. The average molecular weight is 400 g/mol. The molecule has 1 heterocycles. The van der Waals surface area contributed by atoms with Crippen molar-refractivity contribution in [3.8, 4) is 0 Å². The minimum Gasteiger partial charge on any atom is -0.465 e. The van der Waals surface area contributed by atoms with Crippen molar-refractivity contribution in [2.75, 3.05) is 29.5 Å². The molecule has 140 valence electrons. The van der Waals surface area contributed by atoms with Crippen LogP contribution in [-0.2, 0) is 19.6 Å². The molecule has 0 saturated carbocycles. The standard InChI is InChI=1S/C16H17FN2O5S2/c1-10-9-25-15(16(21)24-2)14(10)18-13(20)8-19(26(3,22)23)12-6-4-5-11(17)7-12/h4-7,9H,8H2,1-3H3,(H,18,20). The quantitative estimate of drug-likeness (QED) is 0.752. The van der Waals surface area contributed by atoms with Crippen LogP contribution in [0.1, 0.15) is 15.2 Å². The van der Waals surface area contributed by atoms with Crippen LogP contribution in [0.2, 0.25) is 0 Å². The molecule has 0 radical (unpaired) electrons. The molecule has 1 N–H and O–H groups in total. The number of nitrogens with one attached hydrogen (secondary N) is 1. The third-order valence-corrected chi connectivity index (χ3v) is 5.61. The molecule has 0 aliphatic rings. The van der Waals surface area contributed by atoms with Gasteiger partial charge in [0.25, 0.3) is 0 Å². The number of aryl methyl sites for hydroxylation is 1. The number of anilines is 2. The molecule has 10 heteroatoms. The van der Waals surface area contributed by atoms with Gasteiger partial charge in [0.15, 0.2) is 0 Å². The molecule has 0 aliphatic carbocycles. The SMILES string of the molecule is COC(=O)c1scc(C)c1NC(=O)CN(c1cccc(F)c1)S(C)(=O)=O. The third-order valence-electron chi connectivity index (χ3n) is 3.39. The number of rotatable bonds is 6. The zero-order valence-electron chi connectivity index (χ0n) is 14.3. The zero-order chi connectivity index (χ0) is 19.5. The van der Waals surface area contributed by atoms with Gasteiger partial charge in [0, 0.05) is 0 Å². The fourth-order valence-corrected chi connectivity index (χ4v) is 3.95. The van der Waals surface area contributed by atoms with Crippen LogP contribution in [-0.4, -0.2) is 40.2 Å². The zero-order valence-corrected chi connectivity index (χ0v) is 15.9. The Morgan fingerprint density at radius 3 is 2.62 bits per heavy atom. The molecule has 0 atom stereocenters. The molecule has 0 bridgehead atoms. The van der Waals surface area contributed by atoms with Crippen LogP contribution in [0, 0.1) is 12.7 Å². The number of benzene rings is 1. The van der Waals surface area contributed by atoms with Gasteiger partial charge in [-0.15, -0.1) is 11.3 Å². The van der Waals surface area contributed by atoms with Crippen molar-refractivity contribution in [1.82, 2.24) is 0 Å². The van der Waals surface area contributed by atoms with Gasteiger partial charge in [0.2, 0.25) is 15.9 Å². The Hall–Kier alpha value is -2.46. The van der Waals surface area contributed by atoms with Crippen LogP contribution in [0.25, 0.3) is 0 Å². The average Bonchev–Trinajstić information content (AvgIpc) is 2.91. The molecule has 26 heavy (non-hydrogen) atoms. The van der Waals surface area contributed by atoms with Gasteiger partial charge < -0.3 is 10.1 Å². The molecule has 0 unspecified atom stereocenters. The van der Waals surface area contributed by atoms with E-state index in [1.807, 2.05) is 0 Å². The lowest BCUT2D eigenvalue weighted by Gasteiger charge is -2.22. The van der Waals surface area contributed by atoms with E-state index in [1.165, 1.54) is 25.3 Å². The maximum Gasteiger partial charge on any atom is 0.350 e. The number of amides is 1. The number of methoxy groups -OCH3 is 1. The summed E-state index contributed by atoms with van der Waals surface area (Å²) >= 11 is 1.10. The van der Waals surface area contributed by atoms with Crippen LogP contribution in [0.3, 0.4) is 0 Å². The first-order valence-corrected chi connectivity index (χ1v) is 10.1. The minimum atomic E-state index is -3.83. The topological polar surface area (TPSA) is 92.8 Å². The predicted octanol–water partition coefficient (Wildman–Crippen LogP) is 2.39. The predicted molar refractivity (Wildman–Crippen MR) is 97.6 cm³/mol. The van der Waals surface area contributed by atoms with Gasteiger partial charge in [0.1, 0.15) is 17.2 Å². The van der Waals surface area contributed by atoms with Crippen LogP contribution in [0.5, 0.6) is 0 Å². The van der Waals surface area contributed by atoms with Gasteiger partial charge in [-0.2, -0.15) is 0 Å². The van der Waals surface area contributed by atoms with Crippen LogP contribution < -0.4 is 9.62 Å². The Morgan fingerprint density at radius 1 is 1.35 bits per heavy atom. The van der Waals surface area contributed by atoms with Crippen molar-refractivity contribution in [3.05, 3.63) is 45.9 Å². The molecule has 7 nitrogen and oxygen atoms in total. The lowest BCUT2D eigenvalue weighted by atomic mass is 10.2. The van der Waals surface area contributed by atoms with E-state index >= 15 is 0 Å². The summed E-state index contributed by atoms with van der Waals surface area (Å²) in [6.45, 7) is 1.12. The number of hydrogen-bond acceptors (Lipinski definition) is 6. The number of thiophene rings is 1. The summed E-state index contributed by atoms with van der Waals surface area (Å²) in [7, 11) is -2.61. The summed E-state index contributed by atoms with van der Waals surface area (Å²) in [5.74, 6) is -1.91. The fraction of sp³-hybridized carbons (Fsp3) is 0.250. The van der Waals surface area contributed by atoms with E-state index in [0.29, 0.717) is 5.56 Å². The van der Waals surface area contributed by atoms with Crippen molar-refractivity contribution in [1.29, 1.82) is 0 Å². The molecule has 1 amide bonds. The first-order valence-electron chi connectivity index (χ1n) is 7.33. The molecule has 1 aromatic heterocycles. The van der Waals surface area contributed by atoms with E-state index in [1.54, 1.807) is 12.3 Å². The van der Waals surface area contributed by atoms with E-state index in [2.05, 4.69) is 10.1 Å². The van der Waals surface area contributed by atoms with Crippen molar-refractivity contribution < 1.29 is 27.1 Å². The van der Waals surface area contributed by atoms with Gasteiger partial charge >= 0.3 is 5.97 Å². The summed E-state index contributed by atoms with van der Waals surface area (Å²) in [6.07, 6.45) is 0.918. The van der Waals surface area contributed by atoms with E-state index in [-0.39, 0.29) is 16.3 Å². The molecule has 0 fully saturated rings. The molecule has 2 aromatic rings. The number of sulfonamides is 1. The second kappa shape index (κ2) is 7.83. The highest BCUT2D eigenvalue weighted by Crippen LogP contribution is 2.28. The molecule has 2 rings (SSSR count). The van der Waals surface area contributed by atoms with Crippen molar-refractivity contribution in [2.45, 2.75) is 6.92 Å². The highest BCUT2D eigenvalue weighted by Gasteiger charge is 2.24. The summed E-state index contributed by atoms with van der Waals surface area (Å²) in [5, 5.41) is 4.20. The second-order valence-electron chi connectivity index (χ2n) is 5.41. The maximum absolute atomic E-state index is 13.4. The van der Waals surface area contributed by atoms with E-state index in [0.717, 1.165) is 28.0 Å². The van der Waals surface area contributed by atoms with Crippen molar-refractivity contribution in [2.24, 2.45) is 0 Å². The van der Waals surface area contributed by atoms with Gasteiger partial charge in [0.05, 0.1) is 24.7 Å². The number of nitrogens with zero attached hydrogens (tertiary/aromatic N) is 1.